The molecule has 0 saturated heterocycles. The highest BCUT2D eigenvalue weighted by Gasteiger charge is 2.32. The predicted octanol–water partition coefficient (Wildman–Crippen LogP) is 4.95. The van der Waals surface area contributed by atoms with Crippen LogP contribution in [0.2, 0.25) is 0 Å². The number of amides is 1. The van der Waals surface area contributed by atoms with Crippen LogP contribution >= 0.6 is 0 Å². The molecule has 1 aliphatic heterocycles. The average molecular weight is 399 g/mol. The smallest absolute Gasteiger partial charge is 0.236 e. The Morgan fingerprint density at radius 2 is 1.60 bits per heavy atom. The second-order valence-electron chi connectivity index (χ2n) is 7.15. The molecule has 0 fully saturated rings. The van der Waals surface area contributed by atoms with E-state index in [1.165, 1.54) is 12.1 Å². The summed E-state index contributed by atoms with van der Waals surface area (Å²) < 4.78 is 20.7. The van der Waals surface area contributed by atoms with E-state index >= 15 is 0 Å². The summed E-state index contributed by atoms with van der Waals surface area (Å²) in [6.45, 7) is 0.485. The van der Waals surface area contributed by atoms with Gasteiger partial charge in [-0.3, -0.25) is 9.48 Å². The Labute approximate surface area is 172 Å². The van der Waals surface area contributed by atoms with Crippen molar-refractivity contribution in [2.75, 3.05) is 5.32 Å². The zero-order chi connectivity index (χ0) is 20.5. The zero-order valence-electron chi connectivity index (χ0n) is 16.0. The first kappa shape index (κ1) is 18.1. The number of nitrogens with zero attached hydrogens (tertiary/aromatic N) is 2. The van der Waals surface area contributed by atoms with Crippen LogP contribution < -0.4 is 10.1 Å². The molecular weight excluding hydrogens is 381 g/mol. The maximum atomic E-state index is 13.3. The number of aromatic nitrogens is 2. The fraction of sp³-hybridized carbons (Fsp3) is 0.0833. The van der Waals surface area contributed by atoms with Crippen molar-refractivity contribution in [3.05, 3.63) is 108 Å². The van der Waals surface area contributed by atoms with Gasteiger partial charge in [-0.25, -0.2) is 4.39 Å². The second kappa shape index (κ2) is 7.48. The Balaban J connectivity index is 1.39. The lowest BCUT2D eigenvalue weighted by Crippen LogP contribution is -2.24. The van der Waals surface area contributed by atoms with E-state index in [-0.39, 0.29) is 11.7 Å². The van der Waals surface area contributed by atoms with E-state index in [1.54, 1.807) is 29.2 Å². The molecule has 5 nitrogen and oxygen atoms in total. The third kappa shape index (κ3) is 3.43. The van der Waals surface area contributed by atoms with Crippen LogP contribution in [0.25, 0.3) is 0 Å². The maximum Gasteiger partial charge on any atom is 0.236 e. The Hall–Kier alpha value is -3.93. The molecule has 0 bridgehead atoms. The lowest BCUT2D eigenvalue weighted by atomic mass is 9.87. The number of anilines is 1. The molecule has 30 heavy (non-hydrogen) atoms. The number of fused-ring (bicyclic) bond motifs is 2. The summed E-state index contributed by atoms with van der Waals surface area (Å²) in [5, 5.41) is 7.28. The van der Waals surface area contributed by atoms with Gasteiger partial charge < -0.3 is 10.1 Å². The van der Waals surface area contributed by atoms with E-state index in [0.29, 0.717) is 23.7 Å². The normalized spacial score (nSPS) is 12.6. The Morgan fingerprint density at radius 1 is 0.967 bits per heavy atom. The maximum absolute atomic E-state index is 13.3. The van der Waals surface area contributed by atoms with Crippen LogP contribution in [0.3, 0.4) is 0 Å². The first-order valence-electron chi connectivity index (χ1n) is 9.61. The van der Waals surface area contributed by atoms with Gasteiger partial charge in [-0.05, 0) is 29.8 Å². The molecule has 0 spiro atoms. The number of nitrogens with one attached hydrogen (secondary N) is 1. The molecule has 0 atom stereocenters. The Kier molecular flexibility index (Phi) is 4.52. The van der Waals surface area contributed by atoms with Gasteiger partial charge >= 0.3 is 0 Å². The van der Waals surface area contributed by atoms with Gasteiger partial charge in [0.15, 0.2) is 0 Å². The van der Waals surface area contributed by atoms with E-state index in [9.17, 15) is 9.18 Å². The topological polar surface area (TPSA) is 56.2 Å². The summed E-state index contributed by atoms with van der Waals surface area (Å²) in [4.78, 5) is 13.3. The third-order valence-electron chi connectivity index (χ3n) is 5.10. The SMILES string of the molecule is O=C(Nc1cnn(Cc2ccc(F)cc2)c1)C1c2ccccc2Oc2ccccc21. The van der Waals surface area contributed by atoms with Gasteiger partial charge in [-0.2, -0.15) is 5.10 Å². The van der Waals surface area contributed by atoms with Crippen LogP contribution in [-0.2, 0) is 11.3 Å². The molecule has 0 unspecified atom stereocenters. The number of hydrogen-bond donors (Lipinski definition) is 1. The van der Waals surface area contributed by atoms with Crippen molar-refractivity contribution < 1.29 is 13.9 Å². The fourth-order valence-electron chi connectivity index (χ4n) is 3.70. The zero-order valence-corrected chi connectivity index (χ0v) is 16.0. The van der Waals surface area contributed by atoms with Gasteiger partial charge in [-0.1, -0.05) is 48.5 Å². The molecule has 2 heterocycles. The van der Waals surface area contributed by atoms with Crippen molar-refractivity contribution in [2.45, 2.75) is 12.5 Å². The second-order valence-corrected chi connectivity index (χ2v) is 7.15. The standard InChI is InChI=1S/C24H18FN3O2/c25-17-11-9-16(10-12-17)14-28-15-18(13-26-28)27-24(29)23-19-5-1-3-7-21(19)30-22-8-4-2-6-20(22)23/h1-13,15,23H,14H2,(H,27,29). The average Bonchev–Trinajstić information content (AvgIpc) is 3.20. The minimum atomic E-state index is -0.480. The van der Waals surface area contributed by atoms with Crippen molar-refractivity contribution in [3.8, 4) is 11.5 Å². The largest absolute Gasteiger partial charge is 0.457 e. The van der Waals surface area contributed by atoms with Crippen molar-refractivity contribution in [1.82, 2.24) is 9.78 Å². The number of benzene rings is 3. The Bertz CT molecular complexity index is 1170. The summed E-state index contributed by atoms with van der Waals surface area (Å²) in [5.74, 6) is 0.460. The molecule has 1 amide bonds. The van der Waals surface area contributed by atoms with Crippen molar-refractivity contribution >= 4 is 11.6 Å². The Morgan fingerprint density at radius 3 is 2.27 bits per heavy atom. The summed E-state index contributed by atoms with van der Waals surface area (Å²) >= 11 is 0. The number of hydrogen-bond acceptors (Lipinski definition) is 3. The number of ether oxygens (including phenoxy) is 1. The predicted molar refractivity (Wildman–Crippen MR) is 111 cm³/mol. The monoisotopic (exact) mass is 399 g/mol. The summed E-state index contributed by atoms with van der Waals surface area (Å²) in [6.07, 6.45) is 3.37. The van der Waals surface area contributed by atoms with Crippen LogP contribution in [0.15, 0.2) is 85.2 Å². The lowest BCUT2D eigenvalue weighted by molar-refractivity contribution is -0.116. The van der Waals surface area contributed by atoms with E-state index in [1.807, 2.05) is 48.5 Å². The molecule has 0 saturated carbocycles. The number of rotatable bonds is 4. The van der Waals surface area contributed by atoms with Gasteiger partial charge in [-0.15, -0.1) is 0 Å². The molecule has 3 aromatic carbocycles. The molecular formula is C24H18FN3O2. The quantitative estimate of drug-likeness (QED) is 0.528. The molecule has 6 heteroatoms. The van der Waals surface area contributed by atoms with Crippen molar-refractivity contribution in [1.29, 1.82) is 0 Å². The number of carbonyl (C=O) groups is 1. The fourth-order valence-corrected chi connectivity index (χ4v) is 3.70. The third-order valence-corrected chi connectivity index (χ3v) is 5.10. The van der Waals surface area contributed by atoms with Crippen LogP contribution in [0.4, 0.5) is 10.1 Å². The highest BCUT2D eigenvalue weighted by molar-refractivity contribution is 5.99. The minimum absolute atomic E-state index is 0.153. The van der Waals surface area contributed by atoms with Crippen LogP contribution in [0, 0.1) is 5.82 Å². The highest BCUT2D eigenvalue weighted by atomic mass is 19.1. The van der Waals surface area contributed by atoms with E-state index < -0.39 is 5.92 Å². The number of para-hydroxylation sites is 2. The van der Waals surface area contributed by atoms with Crippen LogP contribution in [0.5, 0.6) is 11.5 Å². The summed E-state index contributed by atoms with van der Waals surface area (Å²) in [6, 6.07) is 21.4. The molecule has 1 aliphatic rings. The highest BCUT2D eigenvalue weighted by Crippen LogP contribution is 2.44. The first-order valence-corrected chi connectivity index (χ1v) is 9.61. The van der Waals surface area contributed by atoms with Gasteiger partial charge in [0.25, 0.3) is 0 Å². The van der Waals surface area contributed by atoms with Crippen molar-refractivity contribution in [3.63, 3.8) is 0 Å². The van der Waals surface area contributed by atoms with Gasteiger partial charge in [0, 0.05) is 17.3 Å². The summed E-state index contributed by atoms with van der Waals surface area (Å²) in [5.41, 5.74) is 3.17. The minimum Gasteiger partial charge on any atom is -0.457 e. The van der Waals surface area contributed by atoms with Crippen LogP contribution in [0.1, 0.15) is 22.6 Å². The van der Waals surface area contributed by atoms with Gasteiger partial charge in [0.1, 0.15) is 17.3 Å². The van der Waals surface area contributed by atoms with E-state index in [4.69, 9.17) is 4.74 Å². The molecule has 0 aliphatic carbocycles. The molecule has 1 aromatic heterocycles. The number of carbonyl (C=O) groups excluding carboxylic acids is 1. The lowest BCUT2D eigenvalue weighted by Gasteiger charge is -2.27. The van der Waals surface area contributed by atoms with E-state index in [0.717, 1.165) is 16.7 Å². The summed E-state index contributed by atoms with van der Waals surface area (Å²) in [7, 11) is 0. The molecule has 5 rings (SSSR count). The molecule has 0 radical (unpaired) electrons. The van der Waals surface area contributed by atoms with Gasteiger partial charge in [0.2, 0.25) is 5.91 Å². The molecule has 148 valence electrons. The molecule has 4 aromatic rings. The molecule has 1 N–H and O–H groups in total. The van der Waals surface area contributed by atoms with Crippen molar-refractivity contribution in [2.24, 2.45) is 0 Å². The first-order chi connectivity index (χ1) is 14.7. The van der Waals surface area contributed by atoms with Crippen LogP contribution in [-0.4, -0.2) is 15.7 Å². The van der Waals surface area contributed by atoms with Gasteiger partial charge in [0.05, 0.1) is 24.3 Å². The number of halogens is 1. The van der Waals surface area contributed by atoms with E-state index in [2.05, 4.69) is 10.4 Å².